The van der Waals surface area contributed by atoms with Gasteiger partial charge in [-0.1, -0.05) is 30.7 Å². The van der Waals surface area contributed by atoms with Gasteiger partial charge in [-0.25, -0.2) is 4.39 Å². The fourth-order valence-electron chi connectivity index (χ4n) is 4.59. The van der Waals surface area contributed by atoms with E-state index in [1.54, 1.807) is 18.2 Å². The molecule has 5 heteroatoms. The van der Waals surface area contributed by atoms with Crippen LogP contribution in [0.15, 0.2) is 48.0 Å². The fourth-order valence-corrected chi connectivity index (χ4v) is 4.59. The van der Waals surface area contributed by atoms with Crippen LogP contribution in [-0.2, 0) is 11.3 Å². The molecule has 2 aromatic carbocycles. The Kier molecular flexibility index (Phi) is 5.91. The van der Waals surface area contributed by atoms with E-state index >= 15 is 0 Å². The van der Waals surface area contributed by atoms with Gasteiger partial charge in [-0.3, -0.25) is 4.79 Å². The third-order valence-corrected chi connectivity index (χ3v) is 6.36. The monoisotopic (exact) mass is 409 g/mol. The average molecular weight is 410 g/mol. The second-order valence-electron chi connectivity index (χ2n) is 9.00. The first-order valence-corrected chi connectivity index (χ1v) is 10.8. The largest absolute Gasteiger partial charge is 0.485 e. The van der Waals surface area contributed by atoms with E-state index in [9.17, 15) is 9.18 Å². The van der Waals surface area contributed by atoms with E-state index in [0.717, 1.165) is 22.8 Å². The fraction of sp³-hybridized carbons (Fsp3) is 0.400. The summed E-state index contributed by atoms with van der Waals surface area (Å²) in [4.78, 5) is 12.6. The second kappa shape index (κ2) is 8.60. The van der Waals surface area contributed by atoms with Crippen LogP contribution >= 0.6 is 0 Å². The molecule has 0 radical (unpaired) electrons. The number of benzene rings is 2. The Morgan fingerprint density at radius 2 is 1.83 bits per heavy atom. The predicted molar refractivity (Wildman–Crippen MR) is 118 cm³/mol. The quantitative estimate of drug-likeness (QED) is 0.694. The Morgan fingerprint density at radius 3 is 2.57 bits per heavy atom. The molecule has 1 aliphatic heterocycles. The molecule has 0 unspecified atom stereocenters. The minimum Gasteiger partial charge on any atom is -0.485 e. The summed E-state index contributed by atoms with van der Waals surface area (Å²) in [5.74, 6) is -0.429. The zero-order valence-electron chi connectivity index (χ0n) is 17.8. The second-order valence-corrected chi connectivity index (χ2v) is 9.00. The highest BCUT2D eigenvalue weighted by atomic mass is 19.1. The third kappa shape index (κ3) is 4.57. The van der Waals surface area contributed by atoms with Crippen LogP contribution in [-0.4, -0.2) is 37.1 Å². The van der Waals surface area contributed by atoms with Gasteiger partial charge in [-0.15, -0.1) is 0 Å². The Morgan fingerprint density at radius 1 is 1.10 bits per heavy atom. The molecular weight excluding hydrogens is 379 g/mol. The lowest BCUT2D eigenvalue weighted by Gasteiger charge is -2.40. The van der Waals surface area contributed by atoms with Crippen molar-refractivity contribution < 1.29 is 18.4 Å². The molecule has 1 saturated carbocycles. The number of nitrogens with zero attached hydrogens (tertiary/aromatic N) is 1. The van der Waals surface area contributed by atoms with Gasteiger partial charge < -0.3 is 14.5 Å². The Bertz CT molecular complexity index is 944. The van der Waals surface area contributed by atoms with E-state index in [2.05, 4.69) is 31.5 Å². The summed E-state index contributed by atoms with van der Waals surface area (Å²) in [6.45, 7) is 1.05. The summed E-state index contributed by atoms with van der Waals surface area (Å²) in [6.07, 6.45) is 8.36. The van der Waals surface area contributed by atoms with E-state index in [4.69, 9.17) is 4.74 Å². The predicted octanol–water partition coefficient (Wildman–Crippen LogP) is 5.15. The highest BCUT2D eigenvalue weighted by Gasteiger charge is 2.29. The van der Waals surface area contributed by atoms with Crippen LogP contribution in [0.3, 0.4) is 0 Å². The number of carbonyl (C=O) groups excluding carboxylic acids is 1. The van der Waals surface area contributed by atoms with Crippen molar-refractivity contribution in [2.75, 3.05) is 26.0 Å². The summed E-state index contributed by atoms with van der Waals surface area (Å²) < 4.78 is 20.2. The van der Waals surface area contributed by atoms with Crippen LogP contribution in [0.1, 0.15) is 43.2 Å². The highest BCUT2D eigenvalue weighted by Crippen LogP contribution is 2.30. The van der Waals surface area contributed by atoms with Crippen molar-refractivity contribution in [2.24, 2.45) is 0 Å². The number of halogens is 1. The molecule has 1 heterocycles. The number of hydrogen-bond donors (Lipinski definition) is 1. The summed E-state index contributed by atoms with van der Waals surface area (Å²) >= 11 is 0. The first-order chi connectivity index (χ1) is 14.4. The zero-order valence-corrected chi connectivity index (χ0v) is 17.8. The molecule has 30 heavy (non-hydrogen) atoms. The van der Waals surface area contributed by atoms with E-state index in [1.807, 2.05) is 12.1 Å². The summed E-state index contributed by atoms with van der Waals surface area (Å²) in [5.41, 5.74) is 3.09. The maximum atomic E-state index is 13.8. The molecule has 0 atom stereocenters. The molecule has 1 amide bonds. The molecule has 2 aromatic rings. The first kappa shape index (κ1) is 20.6. The third-order valence-electron chi connectivity index (χ3n) is 6.36. The van der Waals surface area contributed by atoms with Crippen molar-refractivity contribution in [2.45, 2.75) is 44.7 Å². The van der Waals surface area contributed by atoms with E-state index in [1.165, 1.54) is 43.7 Å². The van der Waals surface area contributed by atoms with E-state index < -0.39 is 5.82 Å². The SMILES string of the molecule is C[N+](C)(Cc1ccc(NC(=O)C2=Cc3cccc(F)c3OC2)cc1)C1CCCCC1. The molecule has 0 saturated heterocycles. The minimum atomic E-state index is -0.409. The normalized spacial score (nSPS) is 17.0. The van der Waals surface area contributed by atoms with Crippen molar-refractivity contribution in [3.05, 3.63) is 65.0 Å². The number of rotatable bonds is 5. The van der Waals surface area contributed by atoms with E-state index in [0.29, 0.717) is 11.1 Å². The maximum absolute atomic E-state index is 13.8. The van der Waals surface area contributed by atoms with Gasteiger partial charge in [0.25, 0.3) is 5.91 Å². The van der Waals surface area contributed by atoms with Crippen LogP contribution in [0.2, 0.25) is 0 Å². The number of amides is 1. The first-order valence-electron chi connectivity index (χ1n) is 10.8. The number of carbonyl (C=O) groups is 1. The van der Waals surface area contributed by atoms with Crippen molar-refractivity contribution in [1.29, 1.82) is 0 Å². The van der Waals surface area contributed by atoms with Gasteiger partial charge >= 0.3 is 0 Å². The van der Waals surface area contributed by atoms with Gasteiger partial charge in [0.1, 0.15) is 13.2 Å². The molecule has 1 aliphatic carbocycles. The number of para-hydroxylation sites is 1. The smallest absolute Gasteiger partial charge is 0.255 e. The number of ether oxygens (including phenoxy) is 1. The van der Waals surface area contributed by atoms with Gasteiger partial charge in [0.15, 0.2) is 11.6 Å². The molecular formula is C25H30FN2O2+. The molecule has 0 bridgehead atoms. The molecule has 158 valence electrons. The molecule has 4 nitrogen and oxygen atoms in total. The van der Waals surface area contributed by atoms with Gasteiger partial charge in [0.05, 0.1) is 25.7 Å². The summed E-state index contributed by atoms with van der Waals surface area (Å²) in [5, 5.41) is 2.92. The lowest BCUT2D eigenvalue weighted by atomic mass is 9.92. The van der Waals surface area contributed by atoms with Crippen LogP contribution in [0.5, 0.6) is 5.75 Å². The van der Waals surface area contributed by atoms with Crippen LogP contribution in [0.25, 0.3) is 6.08 Å². The van der Waals surface area contributed by atoms with Crippen LogP contribution < -0.4 is 10.1 Å². The van der Waals surface area contributed by atoms with E-state index in [-0.39, 0.29) is 18.3 Å². The maximum Gasteiger partial charge on any atom is 0.255 e. The Labute approximate surface area is 177 Å². The lowest BCUT2D eigenvalue weighted by molar-refractivity contribution is -0.929. The van der Waals surface area contributed by atoms with Crippen LogP contribution in [0, 0.1) is 5.82 Å². The Balaban J connectivity index is 1.39. The standard InChI is InChI=1S/C25H29FN2O2/c1-28(2,22-8-4-3-5-9-22)16-18-11-13-21(14-12-18)27-25(29)20-15-19-7-6-10-23(26)24(19)30-17-20/h6-7,10-15,22H,3-5,8-9,16-17H2,1-2H3/p+1. The number of hydrogen-bond acceptors (Lipinski definition) is 2. The minimum absolute atomic E-state index is 0.0604. The molecule has 2 aliphatic rings. The number of quaternary nitrogens is 1. The topological polar surface area (TPSA) is 38.3 Å². The van der Waals surface area contributed by atoms with Crippen molar-refractivity contribution in [1.82, 2.24) is 0 Å². The van der Waals surface area contributed by atoms with Gasteiger partial charge in [0.2, 0.25) is 0 Å². The van der Waals surface area contributed by atoms with Gasteiger partial charge in [-0.2, -0.15) is 0 Å². The average Bonchev–Trinajstić information content (AvgIpc) is 2.75. The van der Waals surface area contributed by atoms with Gasteiger partial charge in [-0.05, 0) is 50.0 Å². The zero-order chi connectivity index (χ0) is 21.1. The van der Waals surface area contributed by atoms with Crippen LogP contribution in [0.4, 0.5) is 10.1 Å². The summed E-state index contributed by atoms with van der Waals surface area (Å²) in [6, 6.07) is 13.5. The highest BCUT2D eigenvalue weighted by molar-refractivity contribution is 6.07. The Hall–Kier alpha value is -2.66. The van der Waals surface area contributed by atoms with Crippen molar-refractivity contribution in [3.63, 3.8) is 0 Å². The van der Waals surface area contributed by atoms with Crippen molar-refractivity contribution >= 4 is 17.7 Å². The molecule has 0 aromatic heterocycles. The lowest BCUT2D eigenvalue weighted by Crippen LogP contribution is -2.48. The molecule has 0 spiro atoms. The molecule has 4 rings (SSSR count). The number of anilines is 1. The van der Waals surface area contributed by atoms with Crippen molar-refractivity contribution in [3.8, 4) is 5.75 Å². The molecule has 1 fully saturated rings. The molecule has 1 N–H and O–H groups in total. The number of nitrogens with one attached hydrogen (secondary N) is 1. The number of fused-ring (bicyclic) bond motifs is 1. The van der Waals surface area contributed by atoms with Gasteiger partial charge in [0, 0.05) is 16.8 Å². The summed E-state index contributed by atoms with van der Waals surface area (Å²) in [7, 11) is 4.64.